The van der Waals surface area contributed by atoms with Crippen molar-refractivity contribution >= 4 is 16.6 Å². The molecule has 2 atom stereocenters. The molecule has 3 heterocycles. The molecule has 4 nitrogen and oxygen atoms in total. The Hall–Kier alpha value is -0.970. The van der Waals surface area contributed by atoms with Crippen LogP contribution in [0.15, 0.2) is 6.20 Å². The van der Waals surface area contributed by atoms with Crippen LogP contribution in [0.2, 0.25) is 0 Å². The van der Waals surface area contributed by atoms with Crippen molar-refractivity contribution in [2.45, 2.75) is 49.5 Å². The van der Waals surface area contributed by atoms with Gasteiger partial charge in [0.25, 0.3) is 0 Å². The maximum absolute atomic E-state index is 12.6. The topological polar surface area (TPSA) is 52.0 Å². The Morgan fingerprint density at radius 2 is 2.00 bits per heavy atom. The molecule has 2 bridgehead atoms. The van der Waals surface area contributed by atoms with Crippen LogP contribution in [0.5, 0.6) is 0 Å². The molecule has 1 aromatic rings. The molecular formula is C14H20N2O2S. The Kier molecular flexibility index (Phi) is 3.33. The molecule has 0 spiro atoms. The Bertz CT molecular complexity index is 522. The van der Waals surface area contributed by atoms with E-state index in [1.54, 1.807) is 4.68 Å². The molecule has 3 rings (SSSR count). The molecule has 2 saturated heterocycles. The third kappa shape index (κ3) is 2.29. The Labute approximate surface area is 116 Å². The number of Topliss-reactive ketones (excluding diaryl/α,β-unsaturated/α-hetero) is 1. The van der Waals surface area contributed by atoms with Gasteiger partial charge in [0.1, 0.15) is 0 Å². The summed E-state index contributed by atoms with van der Waals surface area (Å²) in [7, 11) is 1.14. The van der Waals surface area contributed by atoms with Gasteiger partial charge in [0.15, 0.2) is 5.78 Å². The average Bonchev–Trinajstić information content (AvgIpc) is 2.67. The summed E-state index contributed by atoms with van der Waals surface area (Å²) in [5.41, 5.74) is 1.56. The predicted octanol–water partition coefficient (Wildman–Crippen LogP) is 1.99. The first-order chi connectivity index (χ1) is 9.06. The number of hydrogen-bond acceptors (Lipinski definition) is 3. The SMILES string of the molecule is Cc1nn(C)cc1C(=O)C1CC2CCCC(C1)S2=O. The summed E-state index contributed by atoms with van der Waals surface area (Å²) in [5, 5.41) is 4.75. The van der Waals surface area contributed by atoms with Gasteiger partial charge in [-0.05, 0) is 32.6 Å². The molecule has 1 aromatic heterocycles. The maximum atomic E-state index is 12.6. The van der Waals surface area contributed by atoms with E-state index in [1.807, 2.05) is 20.2 Å². The number of carbonyl (C=O) groups excluding carboxylic acids is 1. The fourth-order valence-corrected chi connectivity index (χ4v) is 5.70. The summed E-state index contributed by atoms with van der Waals surface area (Å²) in [5.74, 6) is 0.259. The zero-order chi connectivity index (χ0) is 13.6. The smallest absolute Gasteiger partial charge is 0.169 e. The van der Waals surface area contributed by atoms with Gasteiger partial charge < -0.3 is 0 Å². The molecule has 5 heteroatoms. The predicted molar refractivity (Wildman–Crippen MR) is 74.6 cm³/mol. The highest BCUT2D eigenvalue weighted by Crippen LogP contribution is 2.38. The van der Waals surface area contributed by atoms with Gasteiger partial charge in [0.05, 0.1) is 11.3 Å². The van der Waals surface area contributed by atoms with Gasteiger partial charge in [-0.25, -0.2) is 0 Å². The molecular weight excluding hydrogens is 260 g/mol. The molecule has 0 radical (unpaired) electrons. The largest absolute Gasteiger partial charge is 0.294 e. The lowest BCUT2D eigenvalue weighted by Crippen LogP contribution is -2.41. The van der Waals surface area contributed by atoms with Crippen LogP contribution in [-0.4, -0.2) is 30.3 Å². The van der Waals surface area contributed by atoms with Crippen LogP contribution in [0.4, 0.5) is 0 Å². The second-order valence-electron chi connectivity index (χ2n) is 5.84. The third-order valence-electron chi connectivity index (χ3n) is 4.45. The minimum absolute atomic E-state index is 0.0518. The van der Waals surface area contributed by atoms with E-state index in [2.05, 4.69) is 5.10 Å². The molecule has 2 aliphatic rings. The maximum Gasteiger partial charge on any atom is 0.169 e. The van der Waals surface area contributed by atoms with Crippen molar-refractivity contribution in [3.63, 3.8) is 0 Å². The van der Waals surface area contributed by atoms with Crippen LogP contribution in [-0.2, 0) is 17.8 Å². The van der Waals surface area contributed by atoms with Crippen LogP contribution in [0.1, 0.15) is 48.2 Å². The monoisotopic (exact) mass is 280 g/mol. The lowest BCUT2D eigenvalue weighted by molar-refractivity contribution is 0.0894. The average molecular weight is 280 g/mol. The number of aromatic nitrogens is 2. The number of hydrogen-bond donors (Lipinski definition) is 0. The van der Waals surface area contributed by atoms with Crippen molar-refractivity contribution in [2.24, 2.45) is 13.0 Å². The molecule has 2 fully saturated rings. The minimum Gasteiger partial charge on any atom is -0.294 e. The second-order valence-corrected chi connectivity index (χ2v) is 7.83. The zero-order valence-electron chi connectivity index (χ0n) is 11.5. The van der Waals surface area contributed by atoms with Crippen LogP contribution in [0.25, 0.3) is 0 Å². The van der Waals surface area contributed by atoms with Crippen molar-refractivity contribution in [2.75, 3.05) is 0 Å². The number of carbonyl (C=O) groups is 1. The zero-order valence-corrected chi connectivity index (χ0v) is 12.3. The van der Waals surface area contributed by atoms with Gasteiger partial charge >= 0.3 is 0 Å². The molecule has 0 N–H and O–H groups in total. The summed E-state index contributed by atoms with van der Waals surface area (Å²) in [6, 6.07) is 0. The van der Waals surface area contributed by atoms with E-state index >= 15 is 0 Å². The summed E-state index contributed by atoms with van der Waals surface area (Å²) < 4.78 is 13.9. The van der Waals surface area contributed by atoms with Gasteiger partial charge in [-0.2, -0.15) is 5.10 Å². The van der Waals surface area contributed by atoms with E-state index in [4.69, 9.17) is 0 Å². The van der Waals surface area contributed by atoms with Crippen molar-refractivity contribution in [1.82, 2.24) is 9.78 Å². The summed E-state index contributed by atoms with van der Waals surface area (Å²) in [6.07, 6.45) is 6.65. The second kappa shape index (κ2) is 4.85. The highest BCUT2D eigenvalue weighted by Gasteiger charge is 2.41. The minimum atomic E-state index is -0.703. The van der Waals surface area contributed by atoms with E-state index in [-0.39, 0.29) is 22.2 Å². The van der Waals surface area contributed by atoms with E-state index in [9.17, 15) is 9.00 Å². The lowest BCUT2D eigenvalue weighted by atomic mass is 9.84. The van der Waals surface area contributed by atoms with E-state index in [1.165, 1.54) is 6.42 Å². The summed E-state index contributed by atoms with van der Waals surface area (Å²) >= 11 is 0. The molecule has 0 saturated carbocycles. The van der Waals surface area contributed by atoms with Crippen molar-refractivity contribution in [1.29, 1.82) is 0 Å². The first kappa shape index (κ1) is 13.0. The normalized spacial score (nSPS) is 34.2. The Balaban J connectivity index is 1.82. The van der Waals surface area contributed by atoms with Crippen LogP contribution in [0, 0.1) is 12.8 Å². The van der Waals surface area contributed by atoms with E-state index in [0.29, 0.717) is 0 Å². The van der Waals surface area contributed by atoms with Crippen molar-refractivity contribution in [3.05, 3.63) is 17.5 Å². The van der Waals surface area contributed by atoms with E-state index in [0.717, 1.165) is 36.9 Å². The number of fused-ring (bicyclic) bond motifs is 2. The van der Waals surface area contributed by atoms with Crippen LogP contribution < -0.4 is 0 Å². The van der Waals surface area contributed by atoms with Crippen molar-refractivity contribution in [3.8, 4) is 0 Å². The van der Waals surface area contributed by atoms with Gasteiger partial charge in [0.2, 0.25) is 0 Å². The van der Waals surface area contributed by atoms with Gasteiger partial charge in [0, 0.05) is 40.5 Å². The lowest BCUT2D eigenvalue weighted by Gasteiger charge is -2.37. The first-order valence-electron chi connectivity index (χ1n) is 7.00. The van der Waals surface area contributed by atoms with E-state index < -0.39 is 10.8 Å². The third-order valence-corrected chi connectivity index (χ3v) is 6.62. The molecule has 0 aromatic carbocycles. The number of aryl methyl sites for hydroxylation is 2. The Morgan fingerprint density at radius 3 is 2.53 bits per heavy atom. The number of ketones is 1. The summed E-state index contributed by atoms with van der Waals surface area (Å²) in [4.78, 5) is 12.6. The number of nitrogens with zero attached hydrogens (tertiary/aromatic N) is 2. The molecule has 0 amide bonds. The van der Waals surface area contributed by atoms with Crippen LogP contribution >= 0.6 is 0 Å². The van der Waals surface area contributed by atoms with Gasteiger partial charge in [-0.15, -0.1) is 0 Å². The quantitative estimate of drug-likeness (QED) is 0.779. The Morgan fingerprint density at radius 1 is 1.37 bits per heavy atom. The highest BCUT2D eigenvalue weighted by molar-refractivity contribution is 7.86. The molecule has 2 unspecified atom stereocenters. The summed E-state index contributed by atoms with van der Waals surface area (Å²) in [6.45, 7) is 1.88. The molecule has 104 valence electrons. The van der Waals surface area contributed by atoms with Gasteiger partial charge in [-0.3, -0.25) is 13.7 Å². The fourth-order valence-electron chi connectivity index (χ4n) is 3.51. The molecule has 0 aliphatic carbocycles. The molecule has 2 aliphatic heterocycles. The fraction of sp³-hybridized carbons (Fsp3) is 0.714. The first-order valence-corrected chi connectivity index (χ1v) is 8.27. The standard InChI is InChI=1S/C14H20N2O2S/c1-9-13(8-16(2)15-9)14(17)10-6-11-4-3-5-12(7-10)19(11)18/h8,10-12H,3-7H2,1-2H3. The van der Waals surface area contributed by atoms with Crippen molar-refractivity contribution < 1.29 is 9.00 Å². The van der Waals surface area contributed by atoms with Gasteiger partial charge in [-0.1, -0.05) is 6.42 Å². The van der Waals surface area contributed by atoms with Crippen LogP contribution in [0.3, 0.4) is 0 Å². The highest BCUT2D eigenvalue weighted by atomic mass is 32.2. The number of rotatable bonds is 2. The molecule has 19 heavy (non-hydrogen) atoms.